The molecule has 1 aliphatic rings. The van der Waals surface area contributed by atoms with Crippen LogP contribution in [-0.2, 0) is 20.2 Å². The van der Waals surface area contributed by atoms with Gasteiger partial charge in [0.15, 0.2) is 0 Å². The molecule has 1 heterocycles. The van der Waals surface area contributed by atoms with Crippen LogP contribution in [0.5, 0.6) is 0 Å². The first-order chi connectivity index (χ1) is 14.2. The van der Waals surface area contributed by atoms with Gasteiger partial charge in [-0.05, 0) is 49.9 Å². The van der Waals surface area contributed by atoms with Gasteiger partial charge in [0.1, 0.15) is 0 Å². The Bertz CT molecular complexity index is 952. The van der Waals surface area contributed by atoms with Crippen LogP contribution in [0.4, 0.5) is 22.7 Å². The standard InChI is InChI=1S/C20H26N2O6S2/c23-29(24,25)15-7-5-13-21-17-9-1-2-10-18(17)22(14-6-8-16-30(26,27)28)20-12-4-3-11-19(20)21/h1-4,9-12H,5-8,13-16H2,(H,23,24,25)(H,26,27,28). The molecule has 0 aliphatic carbocycles. The lowest BCUT2D eigenvalue weighted by atomic mass is 10.1. The van der Waals surface area contributed by atoms with Gasteiger partial charge in [0, 0.05) is 13.1 Å². The Morgan fingerprint density at radius 3 is 1.13 bits per heavy atom. The van der Waals surface area contributed by atoms with Crippen molar-refractivity contribution >= 4 is 43.0 Å². The number of hydrogen-bond donors (Lipinski definition) is 2. The van der Waals surface area contributed by atoms with E-state index in [1.165, 1.54) is 0 Å². The van der Waals surface area contributed by atoms with Gasteiger partial charge in [0.2, 0.25) is 0 Å². The third-order valence-electron chi connectivity index (χ3n) is 4.99. The van der Waals surface area contributed by atoms with Crippen LogP contribution in [0.2, 0.25) is 0 Å². The summed E-state index contributed by atoms with van der Waals surface area (Å²) in [5, 5.41) is 0. The van der Waals surface area contributed by atoms with E-state index >= 15 is 0 Å². The number of para-hydroxylation sites is 4. The molecule has 0 spiro atoms. The highest BCUT2D eigenvalue weighted by molar-refractivity contribution is 7.86. The Morgan fingerprint density at radius 1 is 0.567 bits per heavy atom. The van der Waals surface area contributed by atoms with Crippen LogP contribution in [0, 0.1) is 0 Å². The number of rotatable bonds is 10. The van der Waals surface area contributed by atoms with Gasteiger partial charge in [0.25, 0.3) is 20.2 Å². The summed E-state index contributed by atoms with van der Waals surface area (Å²) in [6, 6.07) is 15.8. The molecule has 1 aliphatic heterocycles. The predicted molar refractivity (Wildman–Crippen MR) is 118 cm³/mol. The van der Waals surface area contributed by atoms with E-state index in [2.05, 4.69) is 9.80 Å². The van der Waals surface area contributed by atoms with Crippen molar-refractivity contribution in [3.8, 4) is 0 Å². The maximum Gasteiger partial charge on any atom is 0.264 e. The molecule has 3 rings (SSSR count). The molecule has 0 saturated carbocycles. The van der Waals surface area contributed by atoms with E-state index in [4.69, 9.17) is 9.11 Å². The molecule has 0 aromatic heterocycles. The smallest absolute Gasteiger partial charge is 0.264 e. The third-order valence-corrected chi connectivity index (χ3v) is 6.60. The fourth-order valence-corrected chi connectivity index (χ4v) is 4.83. The van der Waals surface area contributed by atoms with E-state index in [9.17, 15) is 16.8 Å². The molecule has 30 heavy (non-hydrogen) atoms. The van der Waals surface area contributed by atoms with E-state index in [1.807, 2.05) is 48.5 Å². The summed E-state index contributed by atoms with van der Waals surface area (Å²) in [5.41, 5.74) is 3.94. The SMILES string of the molecule is O=S(=O)(O)CCCCN1c2ccccc2N(CCCCS(=O)(=O)O)c2ccccc21. The molecule has 8 nitrogen and oxygen atoms in total. The minimum atomic E-state index is -3.97. The van der Waals surface area contributed by atoms with Crippen LogP contribution in [0.25, 0.3) is 0 Å². The quantitative estimate of drug-likeness (QED) is 0.413. The normalized spacial score (nSPS) is 13.8. The highest BCUT2D eigenvalue weighted by Gasteiger charge is 2.27. The maximum absolute atomic E-state index is 11.0. The average Bonchev–Trinajstić information content (AvgIpc) is 2.67. The Hall–Kier alpha value is -2.14. The van der Waals surface area contributed by atoms with E-state index in [-0.39, 0.29) is 11.5 Å². The highest BCUT2D eigenvalue weighted by Crippen LogP contribution is 2.47. The number of fused-ring (bicyclic) bond motifs is 2. The van der Waals surface area contributed by atoms with Gasteiger partial charge < -0.3 is 9.80 Å². The zero-order chi connectivity index (χ0) is 21.8. The predicted octanol–water partition coefficient (Wildman–Crippen LogP) is 3.61. The van der Waals surface area contributed by atoms with Crippen molar-refractivity contribution in [3.63, 3.8) is 0 Å². The van der Waals surface area contributed by atoms with Gasteiger partial charge in [-0.15, -0.1) is 0 Å². The summed E-state index contributed by atoms with van der Waals surface area (Å²) in [6.07, 6.45) is 1.91. The summed E-state index contributed by atoms with van der Waals surface area (Å²) >= 11 is 0. The number of benzene rings is 2. The molecule has 2 N–H and O–H groups in total. The van der Waals surface area contributed by atoms with Crippen molar-refractivity contribution in [2.75, 3.05) is 34.4 Å². The van der Waals surface area contributed by atoms with Crippen LogP contribution < -0.4 is 9.80 Å². The van der Waals surface area contributed by atoms with Crippen LogP contribution in [0.1, 0.15) is 25.7 Å². The molecule has 0 atom stereocenters. The van der Waals surface area contributed by atoms with Crippen LogP contribution >= 0.6 is 0 Å². The minimum absolute atomic E-state index is 0.260. The van der Waals surface area contributed by atoms with E-state index in [0.29, 0.717) is 38.8 Å². The molecule has 0 amide bonds. The number of unbranched alkanes of at least 4 members (excludes halogenated alkanes) is 2. The third kappa shape index (κ3) is 5.94. The minimum Gasteiger partial charge on any atom is -0.338 e. The molecule has 0 saturated heterocycles. The molecule has 2 aromatic carbocycles. The highest BCUT2D eigenvalue weighted by atomic mass is 32.2. The largest absolute Gasteiger partial charge is 0.338 e. The van der Waals surface area contributed by atoms with Gasteiger partial charge in [-0.2, -0.15) is 16.8 Å². The van der Waals surface area contributed by atoms with Crippen molar-refractivity contribution in [2.24, 2.45) is 0 Å². The Labute approximate surface area is 177 Å². The number of hydrogen-bond acceptors (Lipinski definition) is 6. The van der Waals surface area contributed by atoms with E-state index < -0.39 is 20.2 Å². The second kappa shape index (κ2) is 9.34. The van der Waals surface area contributed by atoms with Gasteiger partial charge >= 0.3 is 0 Å². The fraction of sp³-hybridized carbons (Fsp3) is 0.400. The van der Waals surface area contributed by atoms with Crippen molar-refractivity contribution in [1.82, 2.24) is 0 Å². The van der Waals surface area contributed by atoms with Gasteiger partial charge in [0.05, 0.1) is 34.3 Å². The molecular formula is C20H26N2O6S2. The lowest BCUT2D eigenvalue weighted by Crippen LogP contribution is -2.31. The van der Waals surface area contributed by atoms with Crippen molar-refractivity contribution in [1.29, 1.82) is 0 Å². The number of anilines is 4. The van der Waals surface area contributed by atoms with E-state index in [0.717, 1.165) is 22.7 Å². The van der Waals surface area contributed by atoms with E-state index in [1.54, 1.807) is 0 Å². The lowest BCUT2D eigenvalue weighted by molar-refractivity contribution is 0.478. The van der Waals surface area contributed by atoms with Crippen LogP contribution in [-0.4, -0.2) is 50.5 Å². The second-order valence-corrected chi connectivity index (χ2v) is 10.4. The molecule has 0 unspecified atom stereocenters. The zero-order valence-electron chi connectivity index (χ0n) is 16.5. The van der Waals surface area contributed by atoms with Crippen LogP contribution in [0.15, 0.2) is 48.5 Å². The second-order valence-electron chi connectivity index (χ2n) is 7.27. The monoisotopic (exact) mass is 454 g/mol. The summed E-state index contributed by atoms with van der Waals surface area (Å²) < 4.78 is 61.9. The van der Waals surface area contributed by atoms with Crippen LogP contribution in [0.3, 0.4) is 0 Å². The summed E-state index contributed by atoms with van der Waals surface area (Å²) in [6.45, 7) is 1.19. The molecular weight excluding hydrogens is 428 g/mol. The first-order valence-corrected chi connectivity index (χ1v) is 13.0. The Morgan fingerprint density at radius 2 is 0.867 bits per heavy atom. The first-order valence-electron chi connectivity index (χ1n) is 9.79. The zero-order valence-corrected chi connectivity index (χ0v) is 18.1. The summed E-state index contributed by atoms with van der Waals surface area (Å²) in [4.78, 5) is 4.28. The Kier molecular flexibility index (Phi) is 7.02. The molecule has 0 bridgehead atoms. The average molecular weight is 455 g/mol. The molecule has 0 radical (unpaired) electrons. The number of nitrogens with zero attached hydrogens (tertiary/aromatic N) is 2. The summed E-state index contributed by atoms with van der Waals surface area (Å²) in [7, 11) is -7.94. The fourth-order valence-electron chi connectivity index (χ4n) is 3.69. The molecule has 10 heteroatoms. The first kappa shape index (κ1) is 22.5. The lowest BCUT2D eigenvalue weighted by Gasteiger charge is -2.40. The maximum atomic E-state index is 11.0. The van der Waals surface area contributed by atoms with Gasteiger partial charge in [-0.25, -0.2) is 0 Å². The van der Waals surface area contributed by atoms with Crippen molar-refractivity contribution in [3.05, 3.63) is 48.5 Å². The topological polar surface area (TPSA) is 115 Å². The summed E-state index contributed by atoms with van der Waals surface area (Å²) in [5.74, 6) is -0.520. The van der Waals surface area contributed by atoms with Gasteiger partial charge in [-0.1, -0.05) is 24.3 Å². The van der Waals surface area contributed by atoms with Crippen molar-refractivity contribution in [2.45, 2.75) is 25.7 Å². The van der Waals surface area contributed by atoms with Gasteiger partial charge in [-0.3, -0.25) is 9.11 Å². The molecule has 164 valence electrons. The molecule has 0 fully saturated rings. The Balaban J connectivity index is 1.81. The molecule has 2 aromatic rings. The van der Waals surface area contributed by atoms with Crippen molar-refractivity contribution < 1.29 is 25.9 Å².